The molecule has 1 rings (SSSR count). The summed E-state index contributed by atoms with van der Waals surface area (Å²) in [5, 5.41) is 0. The lowest BCUT2D eigenvalue weighted by Crippen LogP contribution is -2.38. The minimum Gasteiger partial charge on any atom is -0.383 e. The maximum atomic E-state index is 5.83. The van der Waals surface area contributed by atoms with E-state index in [4.69, 9.17) is 10.5 Å². The summed E-state index contributed by atoms with van der Waals surface area (Å²) in [6.07, 6.45) is 1.09. The number of rotatable bonds is 2. The highest BCUT2D eigenvalue weighted by Gasteiger charge is 2.29. The Morgan fingerprint density at radius 1 is 1.80 bits per heavy atom. The number of nitrogens with zero attached hydrogens (tertiary/aromatic N) is 1. The minimum absolute atomic E-state index is 0.303. The van der Waals surface area contributed by atoms with E-state index in [1.165, 1.54) is 0 Å². The summed E-state index contributed by atoms with van der Waals surface area (Å²) >= 11 is 2.31. The molecule has 0 saturated carbocycles. The molecular formula is C6H13IN2O. The standard InChI is InChI=1S/C6H13IN2O/c1-10-4-6-5(8)2-3-9(6)7/h5-6H,2-4,8H2,1H3. The van der Waals surface area contributed by atoms with Crippen LogP contribution in [0.4, 0.5) is 0 Å². The van der Waals surface area contributed by atoms with E-state index in [9.17, 15) is 0 Å². The van der Waals surface area contributed by atoms with Crippen LogP contribution in [-0.4, -0.2) is 35.5 Å². The molecule has 0 aromatic rings. The fourth-order valence-corrected chi connectivity index (χ4v) is 2.07. The Balaban J connectivity index is 2.38. The van der Waals surface area contributed by atoms with E-state index in [0.717, 1.165) is 19.6 Å². The monoisotopic (exact) mass is 256 g/mol. The van der Waals surface area contributed by atoms with Gasteiger partial charge in [-0.05, 0) is 6.42 Å². The summed E-state index contributed by atoms with van der Waals surface area (Å²) in [5.74, 6) is 0. The van der Waals surface area contributed by atoms with Crippen molar-refractivity contribution in [3.8, 4) is 0 Å². The molecule has 0 bridgehead atoms. The Kier molecular flexibility index (Phi) is 3.35. The van der Waals surface area contributed by atoms with Crippen molar-refractivity contribution < 1.29 is 4.74 Å². The van der Waals surface area contributed by atoms with Gasteiger partial charge in [-0.25, -0.2) is 3.11 Å². The number of ether oxygens (including phenoxy) is 1. The van der Waals surface area contributed by atoms with E-state index in [-0.39, 0.29) is 0 Å². The zero-order valence-corrected chi connectivity index (χ0v) is 8.24. The van der Waals surface area contributed by atoms with Gasteiger partial charge in [0, 0.05) is 42.6 Å². The molecule has 0 amide bonds. The van der Waals surface area contributed by atoms with E-state index in [1.807, 2.05) is 0 Å². The second kappa shape index (κ2) is 3.85. The molecule has 2 unspecified atom stereocenters. The second-order valence-corrected chi connectivity index (χ2v) is 3.84. The van der Waals surface area contributed by atoms with Crippen LogP contribution in [0, 0.1) is 0 Å². The van der Waals surface area contributed by atoms with Gasteiger partial charge in [0.2, 0.25) is 0 Å². The summed E-state index contributed by atoms with van der Waals surface area (Å²) in [6.45, 7) is 1.85. The number of hydrogen-bond acceptors (Lipinski definition) is 3. The van der Waals surface area contributed by atoms with Crippen molar-refractivity contribution in [1.82, 2.24) is 3.11 Å². The zero-order valence-electron chi connectivity index (χ0n) is 6.09. The average molecular weight is 256 g/mol. The Labute approximate surface area is 75.4 Å². The molecule has 1 heterocycles. The Hall–Kier alpha value is 0.610. The van der Waals surface area contributed by atoms with Crippen LogP contribution in [0.3, 0.4) is 0 Å². The van der Waals surface area contributed by atoms with Gasteiger partial charge in [0.1, 0.15) is 0 Å². The van der Waals surface area contributed by atoms with Gasteiger partial charge in [0.25, 0.3) is 0 Å². The molecule has 0 aromatic carbocycles. The maximum absolute atomic E-state index is 5.83. The third-order valence-corrected chi connectivity index (χ3v) is 3.07. The van der Waals surface area contributed by atoms with Gasteiger partial charge < -0.3 is 10.5 Å². The molecule has 0 radical (unpaired) electrons. The molecule has 4 heteroatoms. The van der Waals surface area contributed by atoms with E-state index in [1.54, 1.807) is 7.11 Å². The van der Waals surface area contributed by atoms with Crippen molar-refractivity contribution in [1.29, 1.82) is 0 Å². The summed E-state index contributed by atoms with van der Waals surface area (Å²) < 4.78 is 7.27. The Morgan fingerprint density at radius 2 is 2.50 bits per heavy atom. The molecule has 2 atom stereocenters. The molecule has 10 heavy (non-hydrogen) atoms. The van der Waals surface area contributed by atoms with Gasteiger partial charge in [-0.1, -0.05) is 0 Å². The SMILES string of the molecule is COCC1C(N)CCN1I. The molecular weight excluding hydrogens is 243 g/mol. The van der Waals surface area contributed by atoms with Crippen LogP contribution in [0.5, 0.6) is 0 Å². The van der Waals surface area contributed by atoms with Crippen LogP contribution in [0.15, 0.2) is 0 Å². The smallest absolute Gasteiger partial charge is 0.0641 e. The van der Waals surface area contributed by atoms with Crippen LogP contribution in [0.2, 0.25) is 0 Å². The predicted molar refractivity (Wildman–Crippen MR) is 49.0 cm³/mol. The number of nitrogens with two attached hydrogens (primary N) is 1. The lowest BCUT2D eigenvalue weighted by Gasteiger charge is -2.19. The molecule has 60 valence electrons. The van der Waals surface area contributed by atoms with Crippen molar-refractivity contribution in [2.45, 2.75) is 18.5 Å². The maximum Gasteiger partial charge on any atom is 0.0641 e. The lowest BCUT2D eigenvalue weighted by atomic mass is 10.1. The first-order chi connectivity index (χ1) is 4.75. The first-order valence-electron chi connectivity index (χ1n) is 3.42. The number of hydrogen-bond donors (Lipinski definition) is 1. The highest BCUT2D eigenvalue weighted by atomic mass is 127. The Bertz CT molecular complexity index is 102. The molecule has 0 spiro atoms. The van der Waals surface area contributed by atoms with Gasteiger partial charge in [0.05, 0.1) is 12.6 Å². The van der Waals surface area contributed by atoms with Crippen LogP contribution >= 0.6 is 22.9 Å². The van der Waals surface area contributed by atoms with Crippen molar-refractivity contribution in [2.24, 2.45) is 5.73 Å². The van der Waals surface area contributed by atoms with Crippen molar-refractivity contribution in [3.05, 3.63) is 0 Å². The van der Waals surface area contributed by atoms with E-state index in [0.29, 0.717) is 12.1 Å². The lowest BCUT2D eigenvalue weighted by molar-refractivity contribution is 0.151. The fourth-order valence-electron chi connectivity index (χ4n) is 1.21. The van der Waals surface area contributed by atoms with Crippen LogP contribution in [0.1, 0.15) is 6.42 Å². The molecule has 2 N–H and O–H groups in total. The van der Waals surface area contributed by atoms with Crippen molar-refractivity contribution >= 4 is 22.9 Å². The van der Waals surface area contributed by atoms with Gasteiger partial charge in [-0.2, -0.15) is 0 Å². The molecule has 0 aromatic heterocycles. The highest BCUT2D eigenvalue weighted by molar-refractivity contribution is 14.1. The minimum atomic E-state index is 0.303. The van der Waals surface area contributed by atoms with Gasteiger partial charge in [-0.15, -0.1) is 0 Å². The van der Waals surface area contributed by atoms with Gasteiger partial charge in [0.15, 0.2) is 0 Å². The zero-order chi connectivity index (χ0) is 7.56. The predicted octanol–water partition coefficient (Wildman–Crippen LogP) is 0.384. The first-order valence-corrected chi connectivity index (χ1v) is 4.39. The quantitative estimate of drug-likeness (QED) is 0.573. The molecule has 1 fully saturated rings. The molecule has 1 aliphatic heterocycles. The average Bonchev–Trinajstić information content (AvgIpc) is 2.20. The highest BCUT2D eigenvalue weighted by Crippen LogP contribution is 2.20. The fraction of sp³-hybridized carbons (Fsp3) is 1.00. The third kappa shape index (κ3) is 1.81. The number of methoxy groups -OCH3 is 1. The number of halogens is 1. The van der Waals surface area contributed by atoms with Crippen LogP contribution in [0.25, 0.3) is 0 Å². The van der Waals surface area contributed by atoms with E-state index < -0.39 is 0 Å². The third-order valence-electron chi connectivity index (χ3n) is 1.87. The van der Waals surface area contributed by atoms with E-state index >= 15 is 0 Å². The second-order valence-electron chi connectivity index (χ2n) is 2.60. The molecule has 3 nitrogen and oxygen atoms in total. The molecule has 0 aliphatic carbocycles. The van der Waals surface area contributed by atoms with Gasteiger partial charge >= 0.3 is 0 Å². The molecule has 1 saturated heterocycles. The largest absolute Gasteiger partial charge is 0.383 e. The molecule has 1 aliphatic rings. The summed E-state index contributed by atoms with van der Waals surface area (Å²) in [6, 6.07) is 0.724. The van der Waals surface area contributed by atoms with Crippen molar-refractivity contribution in [2.75, 3.05) is 20.3 Å². The summed E-state index contributed by atoms with van der Waals surface area (Å²) in [4.78, 5) is 0. The Morgan fingerprint density at radius 3 is 2.90 bits per heavy atom. The van der Waals surface area contributed by atoms with Gasteiger partial charge in [-0.3, -0.25) is 0 Å². The topological polar surface area (TPSA) is 38.5 Å². The summed E-state index contributed by atoms with van der Waals surface area (Å²) in [7, 11) is 1.72. The normalized spacial score (nSPS) is 35.1. The first kappa shape index (κ1) is 8.70. The summed E-state index contributed by atoms with van der Waals surface area (Å²) in [5.41, 5.74) is 5.83. The van der Waals surface area contributed by atoms with E-state index in [2.05, 4.69) is 26.0 Å². The van der Waals surface area contributed by atoms with Crippen LogP contribution in [-0.2, 0) is 4.74 Å². The van der Waals surface area contributed by atoms with Crippen molar-refractivity contribution in [3.63, 3.8) is 0 Å². The van der Waals surface area contributed by atoms with Crippen LogP contribution < -0.4 is 5.73 Å².